The number of carbonyl (C=O) groups is 3. The highest BCUT2D eigenvalue weighted by atomic mass is 16.5. The monoisotopic (exact) mass is 485 g/mol. The molecule has 9 nitrogen and oxygen atoms in total. The van der Waals surface area contributed by atoms with Crippen LogP contribution in [0.2, 0.25) is 0 Å². The Kier molecular flexibility index (Phi) is 6.37. The first-order chi connectivity index (χ1) is 17.4. The van der Waals surface area contributed by atoms with Crippen LogP contribution < -0.4 is 9.64 Å². The summed E-state index contributed by atoms with van der Waals surface area (Å²) >= 11 is 0. The molecule has 0 aliphatic carbocycles. The number of piperazine rings is 1. The van der Waals surface area contributed by atoms with Crippen molar-refractivity contribution in [1.82, 2.24) is 19.8 Å². The van der Waals surface area contributed by atoms with Gasteiger partial charge < -0.3 is 14.5 Å². The van der Waals surface area contributed by atoms with E-state index < -0.39 is 0 Å². The summed E-state index contributed by atoms with van der Waals surface area (Å²) in [5.41, 5.74) is 2.94. The molecule has 36 heavy (non-hydrogen) atoms. The van der Waals surface area contributed by atoms with Crippen molar-refractivity contribution < 1.29 is 19.1 Å². The third-order valence-electron chi connectivity index (χ3n) is 6.68. The van der Waals surface area contributed by atoms with Crippen molar-refractivity contribution >= 4 is 23.5 Å². The maximum absolute atomic E-state index is 13.2. The molecule has 2 aliphatic heterocycles. The molecule has 5 rings (SSSR count). The number of methoxy groups -OCH3 is 1. The van der Waals surface area contributed by atoms with E-state index in [9.17, 15) is 14.4 Å². The third-order valence-corrected chi connectivity index (χ3v) is 6.68. The lowest BCUT2D eigenvalue weighted by Crippen LogP contribution is -2.49. The quantitative estimate of drug-likeness (QED) is 0.495. The second-order valence-electron chi connectivity index (χ2n) is 8.92. The molecule has 3 heterocycles. The Hall–Kier alpha value is -4.27. The van der Waals surface area contributed by atoms with Gasteiger partial charge in [-0.05, 0) is 49.2 Å². The second kappa shape index (κ2) is 9.77. The van der Waals surface area contributed by atoms with Gasteiger partial charge in [0.2, 0.25) is 0 Å². The van der Waals surface area contributed by atoms with E-state index in [-0.39, 0.29) is 29.8 Å². The average molecular weight is 486 g/mol. The third kappa shape index (κ3) is 4.51. The van der Waals surface area contributed by atoms with Crippen molar-refractivity contribution in [1.29, 1.82) is 0 Å². The highest BCUT2D eigenvalue weighted by molar-refractivity contribution is 6.22. The fourth-order valence-electron chi connectivity index (χ4n) is 4.59. The van der Waals surface area contributed by atoms with Crippen LogP contribution in [-0.2, 0) is 6.42 Å². The minimum absolute atomic E-state index is 0.145. The maximum atomic E-state index is 13.2. The van der Waals surface area contributed by atoms with Gasteiger partial charge in [-0.1, -0.05) is 12.1 Å². The smallest absolute Gasteiger partial charge is 0.261 e. The largest absolute Gasteiger partial charge is 0.497 e. The van der Waals surface area contributed by atoms with E-state index in [1.54, 1.807) is 36.5 Å². The molecule has 1 aromatic heterocycles. The Morgan fingerprint density at radius 1 is 0.917 bits per heavy atom. The molecular weight excluding hydrogens is 458 g/mol. The lowest BCUT2D eigenvalue weighted by atomic mass is 10.0. The van der Waals surface area contributed by atoms with Gasteiger partial charge in [0.1, 0.15) is 17.9 Å². The zero-order valence-electron chi connectivity index (χ0n) is 20.3. The second-order valence-corrected chi connectivity index (χ2v) is 8.92. The van der Waals surface area contributed by atoms with Crippen LogP contribution in [0.15, 0.2) is 54.9 Å². The lowest BCUT2D eigenvalue weighted by molar-refractivity contribution is 0.0655. The number of imide groups is 1. The van der Waals surface area contributed by atoms with E-state index in [4.69, 9.17) is 4.74 Å². The van der Waals surface area contributed by atoms with E-state index in [0.717, 1.165) is 22.8 Å². The summed E-state index contributed by atoms with van der Waals surface area (Å²) < 4.78 is 5.17. The predicted molar refractivity (Wildman–Crippen MR) is 133 cm³/mol. The lowest BCUT2D eigenvalue weighted by Gasteiger charge is -2.35. The van der Waals surface area contributed by atoms with Gasteiger partial charge in [-0.3, -0.25) is 19.3 Å². The summed E-state index contributed by atoms with van der Waals surface area (Å²) in [5.74, 6) is 0.778. The molecule has 2 aliphatic rings. The average Bonchev–Trinajstić information content (AvgIpc) is 3.16. The molecule has 1 fully saturated rings. The van der Waals surface area contributed by atoms with Crippen LogP contribution in [0.4, 0.5) is 5.82 Å². The van der Waals surface area contributed by atoms with Crippen molar-refractivity contribution in [3.63, 3.8) is 0 Å². The topological polar surface area (TPSA) is 95.9 Å². The molecule has 184 valence electrons. The van der Waals surface area contributed by atoms with Crippen LogP contribution in [0, 0.1) is 6.92 Å². The molecule has 0 spiro atoms. The van der Waals surface area contributed by atoms with Gasteiger partial charge in [-0.25, -0.2) is 9.97 Å². The zero-order chi connectivity index (χ0) is 25.2. The number of aromatic nitrogens is 2. The molecular formula is C27H27N5O4. The first kappa shape index (κ1) is 23.5. The predicted octanol–water partition coefficient (Wildman–Crippen LogP) is 2.59. The molecule has 1 saturated heterocycles. The van der Waals surface area contributed by atoms with Gasteiger partial charge in [0, 0.05) is 50.0 Å². The van der Waals surface area contributed by atoms with Gasteiger partial charge in [0.15, 0.2) is 0 Å². The Morgan fingerprint density at radius 2 is 1.64 bits per heavy atom. The highest BCUT2D eigenvalue weighted by Gasteiger charge is 2.36. The fourth-order valence-corrected chi connectivity index (χ4v) is 4.59. The Balaban J connectivity index is 1.23. The van der Waals surface area contributed by atoms with E-state index in [0.29, 0.717) is 43.7 Å². The first-order valence-electron chi connectivity index (χ1n) is 11.9. The maximum Gasteiger partial charge on any atom is 0.261 e. The molecule has 0 N–H and O–H groups in total. The van der Waals surface area contributed by atoms with Crippen molar-refractivity contribution in [2.45, 2.75) is 13.3 Å². The van der Waals surface area contributed by atoms with Gasteiger partial charge in [-0.2, -0.15) is 0 Å². The van der Waals surface area contributed by atoms with Crippen molar-refractivity contribution in [2.24, 2.45) is 0 Å². The Bertz CT molecular complexity index is 1320. The number of anilines is 1. The summed E-state index contributed by atoms with van der Waals surface area (Å²) in [6.07, 6.45) is 2.09. The standard InChI is InChI=1S/C27H27N5O4/c1-18-15-24(29-17-28-18)30-11-13-31(14-12-30)25(33)20-5-8-22-23(16-20)27(35)32(26(22)34)10-9-19-3-6-21(36-2)7-4-19/h3-8,15-17H,9-14H2,1-2H3. The summed E-state index contributed by atoms with van der Waals surface area (Å²) in [4.78, 5) is 52.7. The molecule has 0 unspecified atom stereocenters. The van der Waals surface area contributed by atoms with Gasteiger partial charge in [0.05, 0.1) is 18.2 Å². The summed E-state index contributed by atoms with van der Waals surface area (Å²) in [5, 5.41) is 0. The number of hydrogen-bond acceptors (Lipinski definition) is 7. The van der Waals surface area contributed by atoms with Crippen LogP contribution in [0.3, 0.4) is 0 Å². The highest BCUT2D eigenvalue weighted by Crippen LogP contribution is 2.26. The number of nitrogens with zero attached hydrogens (tertiary/aromatic N) is 5. The van der Waals surface area contributed by atoms with Gasteiger partial charge in [0.25, 0.3) is 17.7 Å². The molecule has 9 heteroatoms. The summed E-state index contributed by atoms with van der Waals surface area (Å²) in [6.45, 7) is 4.59. The molecule has 0 bridgehead atoms. The summed E-state index contributed by atoms with van der Waals surface area (Å²) in [7, 11) is 1.60. The number of ether oxygens (including phenoxy) is 1. The van der Waals surface area contributed by atoms with Crippen molar-refractivity contribution in [2.75, 3.05) is 44.7 Å². The first-order valence-corrected chi connectivity index (χ1v) is 11.9. The molecule has 0 saturated carbocycles. The molecule has 3 aromatic rings. The number of hydrogen-bond donors (Lipinski definition) is 0. The normalized spacial score (nSPS) is 15.3. The minimum Gasteiger partial charge on any atom is -0.497 e. The van der Waals surface area contributed by atoms with Crippen LogP contribution in [-0.4, -0.2) is 77.3 Å². The Morgan fingerprint density at radius 3 is 2.33 bits per heavy atom. The Labute approximate surface area is 209 Å². The van der Waals surface area contributed by atoms with Crippen molar-refractivity contribution in [3.8, 4) is 5.75 Å². The van der Waals surface area contributed by atoms with E-state index in [1.165, 1.54) is 4.90 Å². The minimum atomic E-state index is -0.359. The molecule has 0 atom stereocenters. The zero-order valence-corrected chi connectivity index (χ0v) is 20.3. The van der Waals surface area contributed by atoms with Gasteiger partial charge in [-0.15, -0.1) is 0 Å². The SMILES string of the molecule is COc1ccc(CCN2C(=O)c3ccc(C(=O)N4CCN(c5cc(C)ncn5)CC4)cc3C2=O)cc1. The molecule has 2 aromatic carbocycles. The van der Waals surface area contributed by atoms with Gasteiger partial charge >= 0.3 is 0 Å². The van der Waals surface area contributed by atoms with E-state index in [1.807, 2.05) is 37.3 Å². The number of amides is 3. The number of carbonyl (C=O) groups excluding carboxylic acids is 3. The van der Waals surface area contributed by atoms with E-state index in [2.05, 4.69) is 14.9 Å². The van der Waals surface area contributed by atoms with Crippen LogP contribution in [0.5, 0.6) is 5.75 Å². The number of aryl methyl sites for hydroxylation is 1. The summed E-state index contributed by atoms with van der Waals surface area (Å²) in [6, 6.07) is 14.3. The fraction of sp³-hybridized carbons (Fsp3) is 0.296. The number of benzene rings is 2. The number of fused-ring (bicyclic) bond motifs is 1. The van der Waals surface area contributed by atoms with Crippen molar-refractivity contribution in [3.05, 3.63) is 82.8 Å². The molecule has 3 amide bonds. The molecule has 0 radical (unpaired) electrons. The van der Waals surface area contributed by atoms with Crippen LogP contribution in [0.1, 0.15) is 42.3 Å². The van der Waals surface area contributed by atoms with E-state index >= 15 is 0 Å². The van der Waals surface area contributed by atoms with Crippen LogP contribution in [0.25, 0.3) is 0 Å². The van der Waals surface area contributed by atoms with Crippen LogP contribution >= 0.6 is 0 Å². The number of rotatable bonds is 6.